The molecule has 1 fully saturated rings. The Labute approximate surface area is 86.3 Å². The highest BCUT2D eigenvalue weighted by molar-refractivity contribution is 9.18. The van der Waals surface area contributed by atoms with Crippen molar-refractivity contribution >= 4 is 20.6 Å². The van der Waals surface area contributed by atoms with Gasteiger partial charge in [0.05, 0.1) is 6.54 Å². The van der Waals surface area contributed by atoms with E-state index in [1.165, 1.54) is 4.90 Å². The van der Waals surface area contributed by atoms with Gasteiger partial charge in [-0.3, -0.25) is 29.9 Å². The number of likely N-dealkylation sites (tertiary alicyclic amines) is 1. The van der Waals surface area contributed by atoms with Gasteiger partial charge in [-0.25, -0.2) is 0 Å². The van der Waals surface area contributed by atoms with Gasteiger partial charge in [0.25, 0.3) is 0 Å². The zero-order chi connectivity index (χ0) is 10.9. The third-order valence-electron chi connectivity index (χ3n) is 1.98. The molecule has 78 valence electrons. The van der Waals surface area contributed by atoms with Crippen molar-refractivity contribution < 1.29 is 14.6 Å². The molecule has 1 heterocycles. The normalized spacial score (nSPS) is 19.8. The third kappa shape index (κ3) is 1.73. The van der Waals surface area contributed by atoms with Gasteiger partial charge in [0.1, 0.15) is 22.9 Å². The van der Waals surface area contributed by atoms with E-state index >= 15 is 0 Å². The summed E-state index contributed by atoms with van der Waals surface area (Å²) in [6.07, 6.45) is 0. The van der Waals surface area contributed by atoms with E-state index in [9.17, 15) is 25.0 Å². The number of halogens is 1. The Bertz CT molecular complexity index is 284. The van der Waals surface area contributed by atoms with Crippen molar-refractivity contribution in [3.05, 3.63) is 20.2 Å². The molecule has 0 aliphatic carbocycles. The van der Waals surface area contributed by atoms with Crippen LogP contribution in [0.2, 0.25) is 0 Å². The van der Waals surface area contributed by atoms with Crippen LogP contribution in [-0.4, -0.2) is 44.7 Å². The number of hydrogen-bond acceptors (Lipinski definition) is 6. The lowest BCUT2D eigenvalue weighted by molar-refractivity contribution is -0.810. The van der Waals surface area contributed by atoms with Crippen LogP contribution in [0.3, 0.4) is 0 Å². The molecule has 0 unspecified atom stereocenters. The minimum atomic E-state index is -2.12. The molecule has 1 saturated heterocycles. The Kier molecular flexibility index (Phi) is 2.81. The van der Waals surface area contributed by atoms with Gasteiger partial charge in [0.2, 0.25) is 4.69 Å². The molecule has 0 spiro atoms. The Morgan fingerprint density at radius 2 is 1.79 bits per heavy atom. The van der Waals surface area contributed by atoms with Crippen LogP contribution in [0.25, 0.3) is 0 Å². The highest BCUT2D eigenvalue weighted by Gasteiger charge is 2.66. The summed E-state index contributed by atoms with van der Waals surface area (Å²) in [6, 6.07) is 0. The van der Waals surface area contributed by atoms with Crippen molar-refractivity contribution in [2.75, 3.05) is 19.6 Å². The maximum atomic E-state index is 10.5. The van der Waals surface area contributed by atoms with Crippen molar-refractivity contribution in [1.29, 1.82) is 0 Å². The molecule has 0 amide bonds. The van der Waals surface area contributed by atoms with Crippen LogP contribution in [0.1, 0.15) is 0 Å². The van der Waals surface area contributed by atoms with Crippen molar-refractivity contribution in [1.82, 2.24) is 4.90 Å². The first kappa shape index (κ1) is 11.0. The van der Waals surface area contributed by atoms with Crippen molar-refractivity contribution in [3.8, 4) is 0 Å². The first-order chi connectivity index (χ1) is 6.38. The molecule has 0 N–H and O–H groups in total. The van der Waals surface area contributed by atoms with Crippen molar-refractivity contribution in [3.63, 3.8) is 0 Å². The summed E-state index contributed by atoms with van der Waals surface area (Å²) in [4.78, 5) is 30.9. The number of nitro groups is 2. The summed E-state index contributed by atoms with van der Waals surface area (Å²) in [5.74, 6) is 0. The maximum Gasteiger partial charge on any atom is 0.482 e. The van der Waals surface area contributed by atoms with Gasteiger partial charge in [-0.05, 0) is 15.9 Å². The SMILES string of the molecule is O=C(Br)CN1CC([N+](=O)[O-])([N+](=O)[O-])C1. The second kappa shape index (κ2) is 3.58. The van der Waals surface area contributed by atoms with E-state index in [0.29, 0.717) is 0 Å². The Morgan fingerprint density at radius 3 is 2.07 bits per heavy atom. The molecular weight excluding hydrogens is 262 g/mol. The van der Waals surface area contributed by atoms with Crippen molar-refractivity contribution in [2.45, 2.75) is 5.66 Å². The fraction of sp³-hybridized carbons (Fsp3) is 0.800. The van der Waals surface area contributed by atoms with Gasteiger partial charge in [0, 0.05) is 0 Å². The minimum absolute atomic E-state index is 0.0522. The summed E-state index contributed by atoms with van der Waals surface area (Å²) < 4.78 is -0.349. The fourth-order valence-corrected chi connectivity index (χ4v) is 1.61. The van der Waals surface area contributed by atoms with Crippen LogP contribution in [0.4, 0.5) is 0 Å². The quantitative estimate of drug-likeness (QED) is 0.293. The maximum absolute atomic E-state index is 10.5. The van der Waals surface area contributed by atoms with E-state index in [2.05, 4.69) is 15.9 Å². The molecule has 8 nitrogen and oxygen atoms in total. The highest BCUT2D eigenvalue weighted by atomic mass is 79.9. The molecule has 0 aromatic carbocycles. The molecule has 0 aromatic heterocycles. The first-order valence-electron chi connectivity index (χ1n) is 3.58. The lowest BCUT2D eigenvalue weighted by Gasteiger charge is -2.34. The minimum Gasteiger partial charge on any atom is -0.285 e. The Morgan fingerprint density at radius 1 is 1.36 bits per heavy atom. The average Bonchev–Trinajstić information content (AvgIpc) is 1.93. The number of carbonyl (C=O) groups is 1. The molecule has 0 atom stereocenters. The molecule has 1 aliphatic heterocycles. The third-order valence-corrected chi connectivity index (χ3v) is 2.23. The van der Waals surface area contributed by atoms with Crippen LogP contribution in [-0.2, 0) is 4.79 Å². The van der Waals surface area contributed by atoms with Crippen molar-refractivity contribution in [2.24, 2.45) is 0 Å². The molecule has 1 rings (SSSR count). The largest absolute Gasteiger partial charge is 0.482 e. The van der Waals surface area contributed by atoms with Crippen LogP contribution >= 0.6 is 15.9 Å². The van der Waals surface area contributed by atoms with E-state index in [1.54, 1.807) is 0 Å². The first-order valence-corrected chi connectivity index (χ1v) is 4.37. The molecule has 0 bridgehead atoms. The molecule has 1 aliphatic rings. The average molecular weight is 268 g/mol. The zero-order valence-corrected chi connectivity index (χ0v) is 8.47. The van der Waals surface area contributed by atoms with Crippen LogP contribution in [0, 0.1) is 20.2 Å². The van der Waals surface area contributed by atoms with Gasteiger partial charge < -0.3 is 0 Å². The van der Waals surface area contributed by atoms with Crippen LogP contribution < -0.4 is 0 Å². The monoisotopic (exact) mass is 267 g/mol. The van der Waals surface area contributed by atoms with E-state index < -0.39 is 15.5 Å². The van der Waals surface area contributed by atoms with E-state index in [1.807, 2.05) is 0 Å². The van der Waals surface area contributed by atoms with Gasteiger partial charge in [-0.1, -0.05) is 0 Å². The second-order valence-electron chi connectivity index (χ2n) is 3.00. The summed E-state index contributed by atoms with van der Waals surface area (Å²) in [6.45, 7) is -0.710. The molecule has 0 saturated carbocycles. The number of rotatable bonds is 4. The van der Waals surface area contributed by atoms with Gasteiger partial charge >= 0.3 is 5.66 Å². The van der Waals surface area contributed by atoms with Gasteiger partial charge in [-0.15, -0.1) is 0 Å². The second-order valence-corrected chi connectivity index (χ2v) is 3.88. The summed E-state index contributed by atoms with van der Waals surface area (Å²) >= 11 is 2.64. The lowest BCUT2D eigenvalue weighted by atomic mass is 10.0. The molecule has 9 heteroatoms. The van der Waals surface area contributed by atoms with E-state index in [0.717, 1.165) is 0 Å². The highest BCUT2D eigenvalue weighted by Crippen LogP contribution is 2.24. The summed E-state index contributed by atoms with van der Waals surface area (Å²) in [7, 11) is 0. The van der Waals surface area contributed by atoms with E-state index in [-0.39, 0.29) is 24.3 Å². The standard InChI is InChI=1S/C5H6BrN3O5/c6-4(10)1-7-2-5(3-7,8(11)12)9(13)14/h1-3H2. The number of hydrogen-bond donors (Lipinski definition) is 0. The zero-order valence-electron chi connectivity index (χ0n) is 6.88. The summed E-state index contributed by atoms with van der Waals surface area (Å²) in [5.41, 5.74) is -2.12. The fourth-order valence-electron chi connectivity index (χ4n) is 1.26. The molecule has 0 radical (unpaired) electrons. The number of nitrogens with zero attached hydrogens (tertiary/aromatic N) is 3. The smallest absolute Gasteiger partial charge is 0.285 e. The van der Waals surface area contributed by atoms with Crippen LogP contribution in [0.15, 0.2) is 0 Å². The Balaban J connectivity index is 2.61. The predicted octanol–water partition coefficient (Wildman–Crippen LogP) is -0.527. The molecular formula is C5H6BrN3O5. The lowest BCUT2D eigenvalue weighted by Crippen LogP contribution is -2.70. The molecule has 0 aromatic rings. The summed E-state index contributed by atoms with van der Waals surface area (Å²) in [5, 5.41) is 20.8. The number of carbonyl (C=O) groups excluding carboxylic acids is 1. The van der Waals surface area contributed by atoms with Gasteiger partial charge in [-0.2, -0.15) is 0 Å². The van der Waals surface area contributed by atoms with Crippen LogP contribution in [0.5, 0.6) is 0 Å². The van der Waals surface area contributed by atoms with Gasteiger partial charge in [0.15, 0.2) is 0 Å². The molecule has 14 heavy (non-hydrogen) atoms. The van der Waals surface area contributed by atoms with E-state index in [4.69, 9.17) is 0 Å². The Hall–Kier alpha value is -1.09. The topological polar surface area (TPSA) is 107 Å². The predicted molar refractivity (Wildman–Crippen MR) is 47.1 cm³/mol.